The zero-order valence-electron chi connectivity index (χ0n) is 14.7. The number of hydrogen-bond donors (Lipinski definition) is 1. The molecule has 1 aliphatic heterocycles. The normalized spacial score (nSPS) is 23.7. The van der Waals surface area contributed by atoms with E-state index in [9.17, 15) is 9.59 Å². The summed E-state index contributed by atoms with van der Waals surface area (Å²) in [6, 6.07) is 3.53. The molecule has 2 saturated carbocycles. The first kappa shape index (κ1) is 16.4. The number of rotatable bonds is 5. The van der Waals surface area contributed by atoms with Gasteiger partial charge in [0.25, 0.3) is 0 Å². The van der Waals surface area contributed by atoms with Crippen molar-refractivity contribution in [1.29, 1.82) is 0 Å². The van der Waals surface area contributed by atoms with E-state index in [-0.39, 0.29) is 11.9 Å². The Labute approximate surface area is 148 Å². The van der Waals surface area contributed by atoms with E-state index in [4.69, 9.17) is 0 Å². The maximum Gasteiger partial charge on any atom is 0.318 e. The summed E-state index contributed by atoms with van der Waals surface area (Å²) in [6.45, 7) is 0.680. The Balaban J connectivity index is 1.41. The first-order chi connectivity index (χ1) is 12.1. The molecular weight excluding hydrogens is 316 g/mol. The molecule has 0 spiro atoms. The fourth-order valence-electron chi connectivity index (χ4n) is 4.06. The average Bonchev–Trinajstić information content (AvgIpc) is 3.52. The van der Waals surface area contributed by atoms with Gasteiger partial charge in [0.2, 0.25) is 5.91 Å². The van der Waals surface area contributed by atoms with Crippen LogP contribution in [0.1, 0.15) is 38.5 Å². The minimum absolute atomic E-state index is 0.0320. The van der Waals surface area contributed by atoms with Crippen molar-refractivity contribution in [3.05, 3.63) is 24.5 Å². The third kappa shape index (κ3) is 3.48. The molecule has 3 fully saturated rings. The number of piperidine rings is 1. The molecule has 134 valence electrons. The van der Waals surface area contributed by atoms with Crippen molar-refractivity contribution in [2.45, 2.75) is 50.6 Å². The number of pyridine rings is 1. The number of urea groups is 1. The number of hydrogen-bond acceptors (Lipinski definition) is 3. The van der Waals surface area contributed by atoms with Gasteiger partial charge in [0.15, 0.2) is 0 Å². The van der Waals surface area contributed by atoms with Crippen LogP contribution in [0, 0.1) is 11.8 Å². The van der Waals surface area contributed by atoms with Gasteiger partial charge in [-0.3, -0.25) is 9.78 Å². The second kappa shape index (κ2) is 6.65. The number of aromatic nitrogens is 1. The molecule has 0 aromatic carbocycles. The lowest BCUT2D eigenvalue weighted by atomic mass is 10.0. The van der Waals surface area contributed by atoms with Crippen LogP contribution >= 0.6 is 0 Å². The third-order valence-electron chi connectivity index (χ3n) is 5.67. The van der Waals surface area contributed by atoms with Gasteiger partial charge in [-0.05, 0) is 62.5 Å². The highest BCUT2D eigenvalue weighted by Crippen LogP contribution is 2.46. The molecule has 6 nitrogen and oxygen atoms in total. The number of nitrogens with zero attached hydrogens (tertiary/aromatic N) is 3. The van der Waals surface area contributed by atoms with Crippen LogP contribution in [0.4, 0.5) is 10.5 Å². The Hall–Kier alpha value is -2.11. The molecule has 1 saturated heterocycles. The molecule has 2 heterocycles. The van der Waals surface area contributed by atoms with Gasteiger partial charge in [-0.1, -0.05) is 0 Å². The maximum absolute atomic E-state index is 12.8. The molecular formula is C19H26N4O2. The summed E-state index contributed by atoms with van der Waals surface area (Å²) in [6.07, 6.45) is 9.90. The fourth-order valence-corrected chi connectivity index (χ4v) is 4.06. The lowest BCUT2D eigenvalue weighted by Crippen LogP contribution is -2.56. The second-order valence-electron chi connectivity index (χ2n) is 7.62. The molecule has 6 heteroatoms. The molecule has 4 rings (SSSR count). The largest absolute Gasteiger partial charge is 0.326 e. The molecule has 0 radical (unpaired) electrons. The number of nitrogens with one attached hydrogen (secondary N) is 1. The van der Waals surface area contributed by atoms with Crippen molar-refractivity contribution in [3.8, 4) is 0 Å². The monoisotopic (exact) mass is 342 g/mol. The van der Waals surface area contributed by atoms with Crippen LogP contribution in [-0.2, 0) is 4.79 Å². The van der Waals surface area contributed by atoms with Gasteiger partial charge in [-0.2, -0.15) is 0 Å². The molecule has 3 aliphatic rings. The van der Waals surface area contributed by atoms with Gasteiger partial charge in [0.1, 0.15) is 6.04 Å². The van der Waals surface area contributed by atoms with Crippen molar-refractivity contribution < 1.29 is 9.59 Å². The molecule has 25 heavy (non-hydrogen) atoms. The van der Waals surface area contributed by atoms with E-state index in [2.05, 4.69) is 10.3 Å². The Morgan fingerprint density at radius 2 is 2.00 bits per heavy atom. The second-order valence-corrected chi connectivity index (χ2v) is 7.62. The SMILES string of the molecule is CN(C(=O)N[C@@H]1CCCN(c2cccnc2)C1=O)C(C1CC1)C1CC1. The summed E-state index contributed by atoms with van der Waals surface area (Å²) in [4.78, 5) is 33.2. The van der Waals surface area contributed by atoms with Crippen molar-refractivity contribution in [3.63, 3.8) is 0 Å². The van der Waals surface area contributed by atoms with E-state index >= 15 is 0 Å². The van der Waals surface area contributed by atoms with E-state index in [1.807, 2.05) is 24.1 Å². The lowest BCUT2D eigenvalue weighted by molar-refractivity contribution is -0.121. The van der Waals surface area contributed by atoms with Crippen molar-refractivity contribution in [2.24, 2.45) is 11.8 Å². The molecule has 0 bridgehead atoms. The Kier molecular flexibility index (Phi) is 4.36. The number of amides is 3. The predicted octanol–water partition coefficient (Wildman–Crippen LogP) is 2.41. The first-order valence-corrected chi connectivity index (χ1v) is 9.40. The molecule has 0 unspecified atom stereocenters. The van der Waals surface area contributed by atoms with Crippen molar-refractivity contribution in [2.75, 3.05) is 18.5 Å². The quantitative estimate of drug-likeness (QED) is 0.894. The summed E-state index contributed by atoms with van der Waals surface area (Å²) in [5.74, 6) is 1.30. The standard InChI is InChI=1S/C19H26N4O2/c1-22(17(13-6-7-13)14-8-9-14)19(25)21-16-5-3-11-23(18(16)24)15-4-2-10-20-12-15/h2,4,10,12-14,16-17H,3,5-9,11H2,1H3,(H,21,25)/t16-/m1/s1. The average molecular weight is 342 g/mol. The van der Waals surface area contributed by atoms with Gasteiger partial charge in [-0.25, -0.2) is 4.79 Å². The lowest BCUT2D eigenvalue weighted by Gasteiger charge is -2.35. The molecule has 1 aromatic rings. The van der Waals surface area contributed by atoms with Crippen LogP contribution in [-0.4, -0.2) is 47.5 Å². The third-order valence-corrected chi connectivity index (χ3v) is 5.67. The highest BCUT2D eigenvalue weighted by Gasteiger charge is 2.45. The zero-order valence-corrected chi connectivity index (χ0v) is 14.7. The highest BCUT2D eigenvalue weighted by molar-refractivity contribution is 5.99. The number of anilines is 1. The van der Waals surface area contributed by atoms with Crippen LogP contribution in [0.15, 0.2) is 24.5 Å². The smallest absolute Gasteiger partial charge is 0.318 e. The van der Waals surface area contributed by atoms with Crippen LogP contribution in [0.25, 0.3) is 0 Å². The molecule has 2 aliphatic carbocycles. The van der Waals surface area contributed by atoms with Crippen LogP contribution < -0.4 is 10.2 Å². The van der Waals surface area contributed by atoms with Gasteiger partial charge >= 0.3 is 6.03 Å². The highest BCUT2D eigenvalue weighted by atomic mass is 16.2. The van der Waals surface area contributed by atoms with Crippen molar-refractivity contribution >= 4 is 17.6 Å². The minimum Gasteiger partial charge on any atom is -0.326 e. The topological polar surface area (TPSA) is 65.5 Å². The molecule has 3 amide bonds. The van der Waals surface area contributed by atoms with Gasteiger partial charge in [-0.15, -0.1) is 0 Å². The Morgan fingerprint density at radius 1 is 1.28 bits per heavy atom. The maximum atomic E-state index is 12.8. The molecule has 1 N–H and O–H groups in total. The van der Waals surface area contributed by atoms with E-state index < -0.39 is 6.04 Å². The summed E-state index contributed by atoms with van der Waals surface area (Å²) < 4.78 is 0. The van der Waals surface area contributed by atoms with E-state index in [1.54, 1.807) is 17.3 Å². The summed E-state index contributed by atoms with van der Waals surface area (Å²) in [7, 11) is 1.89. The fraction of sp³-hybridized carbons (Fsp3) is 0.632. The Bertz CT molecular complexity index is 630. The molecule has 1 aromatic heterocycles. The van der Waals surface area contributed by atoms with Gasteiger partial charge in [0, 0.05) is 25.8 Å². The van der Waals surface area contributed by atoms with Crippen LogP contribution in [0.5, 0.6) is 0 Å². The van der Waals surface area contributed by atoms with Gasteiger partial charge < -0.3 is 15.1 Å². The number of carbonyl (C=O) groups excluding carboxylic acids is 2. The summed E-state index contributed by atoms with van der Waals surface area (Å²) in [5, 5.41) is 2.99. The van der Waals surface area contributed by atoms with Crippen LogP contribution in [0.2, 0.25) is 0 Å². The zero-order chi connectivity index (χ0) is 17.4. The number of carbonyl (C=O) groups is 2. The first-order valence-electron chi connectivity index (χ1n) is 9.40. The van der Waals surface area contributed by atoms with Crippen LogP contribution in [0.3, 0.4) is 0 Å². The van der Waals surface area contributed by atoms with E-state index in [0.717, 1.165) is 12.1 Å². The summed E-state index contributed by atoms with van der Waals surface area (Å²) >= 11 is 0. The molecule has 1 atom stereocenters. The Morgan fingerprint density at radius 3 is 2.60 bits per heavy atom. The van der Waals surface area contributed by atoms with E-state index in [0.29, 0.717) is 30.8 Å². The van der Waals surface area contributed by atoms with Gasteiger partial charge in [0.05, 0.1) is 11.9 Å². The summed E-state index contributed by atoms with van der Waals surface area (Å²) in [5.41, 5.74) is 0.800. The minimum atomic E-state index is -0.442. The predicted molar refractivity (Wildman–Crippen MR) is 95.1 cm³/mol. The van der Waals surface area contributed by atoms with E-state index in [1.165, 1.54) is 25.7 Å². The van der Waals surface area contributed by atoms with Crippen molar-refractivity contribution in [1.82, 2.24) is 15.2 Å².